The minimum Gasteiger partial charge on any atom is -0.457 e. The highest BCUT2D eigenvalue weighted by molar-refractivity contribution is 9.10. The number of nitrogens with zero attached hydrogens (tertiary/aromatic N) is 2. The monoisotopic (exact) mass is 312 g/mol. The fourth-order valence-corrected chi connectivity index (χ4v) is 2.49. The predicted octanol–water partition coefficient (Wildman–Crippen LogP) is 2.40. The van der Waals surface area contributed by atoms with Gasteiger partial charge in [-0.3, -0.25) is 11.3 Å². The molecule has 3 N–H and O–H groups in total. The third-order valence-corrected chi connectivity index (χ3v) is 3.52. The van der Waals surface area contributed by atoms with E-state index in [1.165, 1.54) is 0 Å². The number of hydrogen-bond acceptors (Lipinski definition) is 4. The second-order valence-electron chi connectivity index (χ2n) is 4.11. The SMILES string of the molecule is CCCn1ccnc1CC(NN)c1ccoc1Br. The Bertz CT molecular complexity index is 494. The molecule has 18 heavy (non-hydrogen) atoms. The zero-order valence-corrected chi connectivity index (χ0v) is 11.9. The van der Waals surface area contributed by atoms with Crippen molar-refractivity contribution in [2.24, 2.45) is 5.84 Å². The van der Waals surface area contributed by atoms with Crippen molar-refractivity contribution in [2.45, 2.75) is 32.4 Å². The molecule has 6 heteroatoms. The van der Waals surface area contributed by atoms with E-state index in [0.29, 0.717) is 4.67 Å². The van der Waals surface area contributed by atoms with Crippen molar-refractivity contribution < 1.29 is 4.42 Å². The van der Waals surface area contributed by atoms with Gasteiger partial charge in [0.25, 0.3) is 0 Å². The highest BCUT2D eigenvalue weighted by Crippen LogP contribution is 2.26. The smallest absolute Gasteiger partial charge is 0.173 e. The molecule has 1 unspecified atom stereocenters. The summed E-state index contributed by atoms with van der Waals surface area (Å²) in [6.07, 6.45) is 7.27. The Hall–Kier alpha value is -1.11. The molecule has 5 nitrogen and oxygen atoms in total. The maximum absolute atomic E-state index is 5.62. The Kier molecular flexibility index (Phi) is 4.57. The number of aryl methyl sites for hydroxylation is 1. The van der Waals surface area contributed by atoms with Crippen LogP contribution in [0.4, 0.5) is 0 Å². The Labute approximate surface area is 114 Å². The van der Waals surface area contributed by atoms with Crippen molar-refractivity contribution >= 4 is 15.9 Å². The van der Waals surface area contributed by atoms with Gasteiger partial charge in [-0.1, -0.05) is 6.92 Å². The van der Waals surface area contributed by atoms with Gasteiger partial charge in [-0.15, -0.1) is 0 Å². The van der Waals surface area contributed by atoms with Crippen LogP contribution < -0.4 is 11.3 Å². The first-order chi connectivity index (χ1) is 8.76. The molecule has 2 rings (SSSR count). The first-order valence-corrected chi connectivity index (χ1v) is 6.74. The molecule has 0 aromatic carbocycles. The molecule has 0 saturated heterocycles. The standard InChI is InChI=1S/C12H17BrN4O/c1-2-5-17-6-4-15-11(17)8-10(16-14)9-3-7-18-12(9)13/h3-4,6-7,10,16H,2,5,8,14H2,1H3. The van der Waals surface area contributed by atoms with Crippen LogP contribution in [0.3, 0.4) is 0 Å². The summed E-state index contributed by atoms with van der Waals surface area (Å²) in [7, 11) is 0. The van der Waals surface area contributed by atoms with Crippen molar-refractivity contribution in [1.82, 2.24) is 15.0 Å². The lowest BCUT2D eigenvalue weighted by atomic mass is 10.1. The predicted molar refractivity (Wildman–Crippen MR) is 72.7 cm³/mol. The molecule has 0 aliphatic heterocycles. The minimum atomic E-state index is -0.0175. The van der Waals surface area contributed by atoms with Gasteiger partial charge in [0.1, 0.15) is 5.82 Å². The van der Waals surface area contributed by atoms with Crippen molar-refractivity contribution in [3.63, 3.8) is 0 Å². The van der Waals surface area contributed by atoms with Gasteiger partial charge >= 0.3 is 0 Å². The molecule has 0 bridgehead atoms. The fraction of sp³-hybridized carbons (Fsp3) is 0.417. The van der Waals surface area contributed by atoms with Gasteiger partial charge in [-0.2, -0.15) is 0 Å². The Morgan fingerprint density at radius 3 is 3.06 bits per heavy atom. The Morgan fingerprint density at radius 2 is 2.44 bits per heavy atom. The first kappa shape index (κ1) is 13.3. The maximum atomic E-state index is 5.62. The lowest BCUT2D eigenvalue weighted by Gasteiger charge is -2.15. The molecule has 2 heterocycles. The summed E-state index contributed by atoms with van der Waals surface area (Å²) in [5.41, 5.74) is 3.81. The van der Waals surface area contributed by atoms with Crippen LogP contribution in [0.15, 0.2) is 33.8 Å². The lowest BCUT2D eigenvalue weighted by molar-refractivity contribution is 0.492. The van der Waals surface area contributed by atoms with E-state index >= 15 is 0 Å². The van der Waals surface area contributed by atoms with E-state index in [9.17, 15) is 0 Å². The quantitative estimate of drug-likeness (QED) is 0.635. The molecule has 0 fully saturated rings. The number of imidazole rings is 1. The highest BCUT2D eigenvalue weighted by atomic mass is 79.9. The average Bonchev–Trinajstić information content (AvgIpc) is 2.96. The lowest BCUT2D eigenvalue weighted by Crippen LogP contribution is -2.30. The topological polar surface area (TPSA) is 69.0 Å². The summed E-state index contributed by atoms with van der Waals surface area (Å²) in [6, 6.07) is 1.89. The molecule has 2 aromatic rings. The minimum absolute atomic E-state index is 0.0175. The van der Waals surface area contributed by atoms with E-state index in [-0.39, 0.29) is 6.04 Å². The van der Waals surface area contributed by atoms with E-state index in [4.69, 9.17) is 10.3 Å². The molecule has 0 spiro atoms. The summed E-state index contributed by atoms with van der Waals surface area (Å²) < 4.78 is 8.10. The molecule has 98 valence electrons. The van der Waals surface area contributed by atoms with Crippen LogP contribution in [0.5, 0.6) is 0 Å². The number of hydrogen-bond donors (Lipinski definition) is 2. The number of nitrogens with two attached hydrogens (primary N) is 1. The molecule has 2 aromatic heterocycles. The first-order valence-electron chi connectivity index (χ1n) is 5.95. The van der Waals surface area contributed by atoms with Gasteiger partial charge < -0.3 is 8.98 Å². The van der Waals surface area contributed by atoms with E-state index in [1.54, 1.807) is 6.26 Å². The van der Waals surface area contributed by atoms with Crippen LogP contribution in [-0.2, 0) is 13.0 Å². The number of aromatic nitrogens is 2. The van der Waals surface area contributed by atoms with Gasteiger partial charge in [-0.05, 0) is 28.4 Å². The largest absolute Gasteiger partial charge is 0.457 e. The molecular formula is C12H17BrN4O. The van der Waals surface area contributed by atoms with E-state index in [2.05, 4.69) is 37.8 Å². The number of rotatable bonds is 6. The van der Waals surface area contributed by atoms with Crippen molar-refractivity contribution in [3.8, 4) is 0 Å². The summed E-state index contributed by atoms with van der Waals surface area (Å²) in [6.45, 7) is 3.12. The van der Waals surface area contributed by atoms with Crippen molar-refractivity contribution in [3.05, 3.63) is 40.8 Å². The average molecular weight is 313 g/mol. The van der Waals surface area contributed by atoms with E-state index in [1.807, 2.05) is 18.5 Å². The molecule has 0 aliphatic rings. The van der Waals surface area contributed by atoms with Crippen LogP contribution in [0.2, 0.25) is 0 Å². The maximum Gasteiger partial charge on any atom is 0.173 e. The van der Waals surface area contributed by atoms with Crippen LogP contribution in [0.1, 0.15) is 30.8 Å². The van der Waals surface area contributed by atoms with Crippen LogP contribution in [-0.4, -0.2) is 9.55 Å². The molecule has 0 saturated carbocycles. The summed E-state index contributed by atoms with van der Waals surface area (Å²) in [5.74, 6) is 6.65. The molecular weight excluding hydrogens is 296 g/mol. The zero-order chi connectivity index (χ0) is 13.0. The summed E-state index contributed by atoms with van der Waals surface area (Å²) >= 11 is 3.37. The van der Waals surface area contributed by atoms with Crippen LogP contribution >= 0.6 is 15.9 Å². The molecule has 1 atom stereocenters. The van der Waals surface area contributed by atoms with Gasteiger partial charge in [0.15, 0.2) is 4.67 Å². The normalized spacial score (nSPS) is 12.8. The van der Waals surface area contributed by atoms with Crippen LogP contribution in [0, 0.1) is 0 Å². The highest BCUT2D eigenvalue weighted by Gasteiger charge is 2.18. The number of furan rings is 1. The molecule has 0 radical (unpaired) electrons. The third kappa shape index (κ3) is 2.82. The second-order valence-corrected chi connectivity index (χ2v) is 4.83. The Balaban J connectivity index is 2.15. The third-order valence-electron chi connectivity index (χ3n) is 2.88. The van der Waals surface area contributed by atoms with E-state index in [0.717, 1.165) is 30.8 Å². The van der Waals surface area contributed by atoms with E-state index < -0.39 is 0 Å². The molecule has 0 amide bonds. The van der Waals surface area contributed by atoms with Gasteiger partial charge in [0.2, 0.25) is 0 Å². The molecule has 0 aliphatic carbocycles. The van der Waals surface area contributed by atoms with Gasteiger partial charge in [-0.25, -0.2) is 4.98 Å². The Morgan fingerprint density at radius 1 is 1.61 bits per heavy atom. The summed E-state index contributed by atoms with van der Waals surface area (Å²) in [4.78, 5) is 4.38. The number of halogens is 1. The van der Waals surface area contributed by atoms with Gasteiger partial charge in [0.05, 0.1) is 12.3 Å². The van der Waals surface area contributed by atoms with Crippen molar-refractivity contribution in [2.75, 3.05) is 0 Å². The van der Waals surface area contributed by atoms with Crippen LogP contribution in [0.25, 0.3) is 0 Å². The second kappa shape index (κ2) is 6.17. The van der Waals surface area contributed by atoms with Gasteiger partial charge in [0, 0.05) is 30.9 Å². The summed E-state index contributed by atoms with van der Waals surface area (Å²) in [5, 5.41) is 0. The fourth-order valence-electron chi connectivity index (χ4n) is 1.97. The van der Waals surface area contributed by atoms with Crippen molar-refractivity contribution in [1.29, 1.82) is 0 Å². The number of nitrogens with one attached hydrogen (secondary N) is 1. The zero-order valence-electron chi connectivity index (χ0n) is 10.3. The number of hydrazine groups is 1.